The van der Waals surface area contributed by atoms with Gasteiger partial charge in [-0.1, -0.05) is 39.7 Å². The standard InChI is InChI=1S/C15H24FNS/c1-4-5-6-10-18-15-9-7-8-14(16)13(15)11-17-12(2)3/h7-9,12,17H,4-6,10-11H2,1-3H3. The highest BCUT2D eigenvalue weighted by Crippen LogP contribution is 2.26. The van der Waals surface area contributed by atoms with Crippen LogP contribution in [0.25, 0.3) is 0 Å². The molecule has 0 spiro atoms. The Labute approximate surface area is 115 Å². The van der Waals surface area contributed by atoms with E-state index < -0.39 is 0 Å². The third-order valence-electron chi connectivity index (χ3n) is 2.77. The summed E-state index contributed by atoms with van der Waals surface area (Å²) in [6, 6.07) is 5.75. The second-order valence-electron chi connectivity index (χ2n) is 4.81. The maximum Gasteiger partial charge on any atom is 0.128 e. The lowest BCUT2D eigenvalue weighted by Crippen LogP contribution is -2.22. The second kappa shape index (κ2) is 8.54. The lowest BCUT2D eigenvalue weighted by Gasteiger charge is -2.13. The summed E-state index contributed by atoms with van der Waals surface area (Å²) < 4.78 is 13.8. The Morgan fingerprint density at radius 3 is 2.72 bits per heavy atom. The van der Waals surface area contributed by atoms with E-state index in [4.69, 9.17) is 0 Å². The van der Waals surface area contributed by atoms with E-state index >= 15 is 0 Å². The van der Waals surface area contributed by atoms with Gasteiger partial charge in [-0.3, -0.25) is 0 Å². The summed E-state index contributed by atoms with van der Waals surface area (Å²) >= 11 is 1.77. The molecule has 0 radical (unpaired) electrons. The van der Waals surface area contributed by atoms with Crippen LogP contribution in [-0.2, 0) is 6.54 Å². The Kier molecular flexibility index (Phi) is 7.36. The number of hydrogen-bond acceptors (Lipinski definition) is 2. The van der Waals surface area contributed by atoms with Gasteiger partial charge in [-0.25, -0.2) is 4.39 Å². The second-order valence-corrected chi connectivity index (χ2v) is 5.94. The Bertz CT molecular complexity index is 352. The molecule has 0 aliphatic rings. The van der Waals surface area contributed by atoms with Gasteiger partial charge in [0.2, 0.25) is 0 Å². The van der Waals surface area contributed by atoms with Gasteiger partial charge in [-0.2, -0.15) is 0 Å². The average Bonchev–Trinajstić information content (AvgIpc) is 2.33. The topological polar surface area (TPSA) is 12.0 Å². The van der Waals surface area contributed by atoms with Crippen LogP contribution in [0.1, 0.15) is 45.6 Å². The first-order valence-electron chi connectivity index (χ1n) is 6.78. The van der Waals surface area contributed by atoms with Gasteiger partial charge in [0.05, 0.1) is 0 Å². The molecule has 1 N–H and O–H groups in total. The third-order valence-corrected chi connectivity index (χ3v) is 3.95. The van der Waals surface area contributed by atoms with Crippen LogP contribution < -0.4 is 5.32 Å². The van der Waals surface area contributed by atoms with Crippen LogP contribution >= 0.6 is 11.8 Å². The number of halogens is 1. The van der Waals surface area contributed by atoms with Gasteiger partial charge in [0, 0.05) is 23.0 Å². The fraction of sp³-hybridized carbons (Fsp3) is 0.600. The Hall–Kier alpha value is -0.540. The number of rotatable bonds is 8. The van der Waals surface area contributed by atoms with Gasteiger partial charge in [-0.05, 0) is 24.3 Å². The van der Waals surface area contributed by atoms with E-state index in [1.54, 1.807) is 23.9 Å². The smallest absolute Gasteiger partial charge is 0.128 e. The van der Waals surface area contributed by atoms with E-state index in [0.717, 1.165) is 16.2 Å². The van der Waals surface area contributed by atoms with Gasteiger partial charge in [-0.15, -0.1) is 11.8 Å². The number of benzene rings is 1. The zero-order chi connectivity index (χ0) is 13.4. The number of thioether (sulfide) groups is 1. The van der Waals surface area contributed by atoms with Crippen LogP contribution in [0.3, 0.4) is 0 Å². The zero-order valence-corrected chi connectivity index (χ0v) is 12.4. The van der Waals surface area contributed by atoms with Crippen molar-refractivity contribution >= 4 is 11.8 Å². The quantitative estimate of drug-likeness (QED) is 0.546. The molecule has 0 atom stereocenters. The summed E-state index contributed by atoms with van der Waals surface area (Å²) in [5.41, 5.74) is 0.813. The van der Waals surface area contributed by atoms with Crippen LogP contribution in [0.4, 0.5) is 4.39 Å². The summed E-state index contributed by atoms with van der Waals surface area (Å²) in [5, 5.41) is 3.29. The maximum atomic E-state index is 13.8. The van der Waals surface area contributed by atoms with Crippen molar-refractivity contribution in [3.8, 4) is 0 Å². The van der Waals surface area contributed by atoms with Crippen molar-refractivity contribution in [1.29, 1.82) is 0 Å². The molecule has 0 aromatic heterocycles. The molecule has 0 amide bonds. The van der Waals surface area contributed by atoms with E-state index in [2.05, 4.69) is 26.1 Å². The van der Waals surface area contributed by atoms with E-state index in [1.165, 1.54) is 19.3 Å². The molecule has 0 heterocycles. The van der Waals surface area contributed by atoms with Crippen LogP contribution in [0, 0.1) is 5.82 Å². The van der Waals surface area contributed by atoms with Crippen molar-refractivity contribution in [3.63, 3.8) is 0 Å². The molecule has 1 rings (SSSR count). The Morgan fingerprint density at radius 2 is 2.06 bits per heavy atom. The van der Waals surface area contributed by atoms with E-state index in [1.807, 2.05) is 6.07 Å². The van der Waals surface area contributed by atoms with Crippen LogP contribution in [0.5, 0.6) is 0 Å². The van der Waals surface area contributed by atoms with Gasteiger partial charge >= 0.3 is 0 Å². The minimum atomic E-state index is -0.0939. The van der Waals surface area contributed by atoms with Crippen molar-refractivity contribution in [3.05, 3.63) is 29.6 Å². The summed E-state index contributed by atoms with van der Waals surface area (Å²) in [6.07, 6.45) is 3.68. The lowest BCUT2D eigenvalue weighted by atomic mass is 10.2. The number of nitrogens with one attached hydrogen (secondary N) is 1. The molecule has 0 fully saturated rings. The van der Waals surface area contributed by atoms with Crippen LogP contribution in [-0.4, -0.2) is 11.8 Å². The minimum Gasteiger partial charge on any atom is -0.310 e. The molecule has 1 aromatic carbocycles. The molecular formula is C15H24FNS. The van der Waals surface area contributed by atoms with Gasteiger partial charge in [0.25, 0.3) is 0 Å². The van der Waals surface area contributed by atoms with Crippen molar-refractivity contribution in [1.82, 2.24) is 5.32 Å². The molecule has 0 aliphatic heterocycles. The zero-order valence-electron chi connectivity index (χ0n) is 11.6. The minimum absolute atomic E-state index is 0.0939. The molecule has 0 bridgehead atoms. The molecule has 1 aromatic rings. The molecule has 0 unspecified atom stereocenters. The summed E-state index contributed by atoms with van der Waals surface area (Å²) in [4.78, 5) is 1.08. The third kappa shape index (κ3) is 5.40. The predicted octanol–water partition coefficient (Wildman–Crippen LogP) is 4.61. The maximum absolute atomic E-state index is 13.8. The Balaban J connectivity index is 2.61. The molecule has 102 valence electrons. The van der Waals surface area contributed by atoms with Crippen molar-refractivity contribution in [2.24, 2.45) is 0 Å². The molecule has 0 aliphatic carbocycles. The normalized spacial score (nSPS) is 11.2. The van der Waals surface area contributed by atoms with Crippen molar-refractivity contribution in [2.45, 2.75) is 57.5 Å². The summed E-state index contributed by atoms with van der Waals surface area (Å²) in [7, 11) is 0. The Morgan fingerprint density at radius 1 is 1.28 bits per heavy atom. The fourth-order valence-electron chi connectivity index (χ4n) is 1.69. The molecular weight excluding hydrogens is 245 g/mol. The summed E-state index contributed by atoms with van der Waals surface area (Å²) in [5.74, 6) is 0.982. The highest BCUT2D eigenvalue weighted by Gasteiger charge is 2.09. The average molecular weight is 269 g/mol. The van der Waals surface area contributed by atoms with Gasteiger partial charge < -0.3 is 5.32 Å². The first-order chi connectivity index (χ1) is 8.65. The molecule has 0 saturated carbocycles. The molecule has 18 heavy (non-hydrogen) atoms. The monoisotopic (exact) mass is 269 g/mol. The first-order valence-corrected chi connectivity index (χ1v) is 7.77. The SMILES string of the molecule is CCCCCSc1cccc(F)c1CNC(C)C. The van der Waals surface area contributed by atoms with E-state index in [-0.39, 0.29) is 5.82 Å². The lowest BCUT2D eigenvalue weighted by molar-refractivity contribution is 0.546. The largest absolute Gasteiger partial charge is 0.310 e. The van der Waals surface area contributed by atoms with E-state index in [9.17, 15) is 4.39 Å². The molecule has 1 nitrogen and oxygen atoms in total. The first kappa shape index (κ1) is 15.5. The fourth-order valence-corrected chi connectivity index (χ4v) is 2.77. The van der Waals surface area contributed by atoms with Crippen LogP contribution in [0.15, 0.2) is 23.1 Å². The predicted molar refractivity (Wildman–Crippen MR) is 78.6 cm³/mol. The number of unbranched alkanes of at least 4 members (excludes halogenated alkanes) is 2. The van der Waals surface area contributed by atoms with Crippen molar-refractivity contribution < 1.29 is 4.39 Å². The molecule has 0 saturated heterocycles. The van der Waals surface area contributed by atoms with Crippen LogP contribution in [0.2, 0.25) is 0 Å². The summed E-state index contributed by atoms with van der Waals surface area (Å²) in [6.45, 7) is 6.97. The highest BCUT2D eigenvalue weighted by atomic mass is 32.2. The van der Waals surface area contributed by atoms with E-state index in [0.29, 0.717) is 12.6 Å². The molecule has 3 heteroatoms. The number of hydrogen-bond donors (Lipinski definition) is 1. The van der Waals surface area contributed by atoms with Gasteiger partial charge in [0.15, 0.2) is 0 Å². The highest BCUT2D eigenvalue weighted by molar-refractivity contribution is 7.99. The van der Waals surface area contributed by atoms with Gasteiger partial charge in [0.1, 0.15) is 5.82 Å². The van der Waals surface area contributed by atoms with Crippen molar-refractivity contribution in [2.75, 3.05) is 5.75 Å².